The Bertz CT molecular complexity index is 513. The first-order chi connectivity index (χ1) is 10.7. The lowest BCUT2D eigenvalue weighted by Gasteiger charge is -2.19. The van der Waals surface area contributed by atoms with Crippen molar-refractivity contribution in [1.82, 2.24) is 15.0 Å². The summed E-state index contributed by atoms with van der Waals surface area (Å²) in [7, 11) is 1.65. The molecule has 1 aromatic rings. The van der Waals surface area contributed by atoms with Gasteiger partial charge in [-0.05, 0) is 19.3 Å². The highest BCUT2D eigenvalue weighted by atomic mass is 16.5. The van der Waals surface area contributed by atoms with Crippen molar-refractivity contribution < 1.29 is 14.1 Å². The molecule has 2 heterocycles. The van der Waals surface area contributed by atoms with Gasteiger partial charge in [0, 0.05) is 19.6 Å². The number of likely N-dealkylation sites (tertiary alicyclic amines) is 1. The molecule has 22 heavy (non-hydrogen) atoms. The van der Waals surface area contributed by atoms with Crippen LogP contribution in [0.1, 0.15) is 56.2 Å². The SMILES string of the molecule is CO[C@H]1C[C@@H](C(N)=O)N(Cc2noc(C3CCCCC3)n2)C1. The first kappa shape index (κ1) is 15.4. The number of hydrogen-bond donors (Lipinski definition) is 1. The molecule has 7 heteroatoms. The zero-order valence-corrected chi connectivity index (χ0v) is 13.0. The maximum atomic E-state index is 11.6. The van der Waals surface area contributed by atoms with Gasteiger partial charge in [-0.1, -0.05) is 24.4 Å². The van der Waals surface area contributed by atoms with Crippen molar-refractivity contribution in [3.63, 3.8) is 0 Å². The number of ether oxygens (including phenoxy) is 1. The first-order valence-corrected chi connectivity index (χ1v) is 8.06. The van der Waals surface area contributed by atoms with Crippen LogP contribution in [0.15, 0.2) is 4.52 Å². The summed E-state index contributed by atoms with van der Waals surface area (Å²) in [5, 5.41) is 4.08. The van der Waals surface area contributed by atoms with Gasteiger partial charge in [-0.2, -0.15) is 4.98 Å². The second-order valence-electron chi connectivity index (χ2n) is 6.32. The van der Waals surface area contributed by atoms with Crippen LogP contribution in [0.25, 0.3) is 0 Å². The minimum Gasteiger partial charge on any atom is -0.380 e. The summed E-state index contributed by atoms with van der Waals surface area (Å²) >= 11 is 0. The minimum atomic E-state index is -0.324. The molecule has 2 N–H and O–H groups in total. The molecular weight excluding hydrogens is 284 g/mol. The number of amides is 1. The number of carbonyl (C=O) groups is 1. The molecule has 2 atom stereocenters. The number of carbonyl (C=O) groups excluding carboxylic acids is 1. The Balaban J connectivity index is 1.64. The van der Waals surface area contributed by atoms with Gasteiger partial charge in [0.2, 0.25) is 11.8 Å². The smallest absolute Gasteiger partial charge is 0.234 e. The molecule has 2 fully saturated rings. The van der Waals surface area contributed by atoms with E-state index in [0.29, 0.717) is 31.3 Å². The van der Waals surface area contributed by atoms with E-state index < -0.39 is 0 Å². The Morgan fingerprint density at radius 2 is 2.18 bits per heavy atom. The predicted molar refractivity (Wildman–Crippen MR) is 78.9 cm³/mol. The van der Waals surface area contributed by atoms with Gasteiger partial charge in [0.25, 0.3) is 0 Å². The van der Waals surface area contributed by atoms with Crippen molar-refractivity contribution in [3.05, 3.63) is 11.7 Å². The molecule has 0 bridgehead atoms. The average Bonchev–Trinajstić information content (AvgIpc) is 3.15. The van der Waals surface area contributed by atoms with Crippen LogP contribution < -0.4 is 5.73 Å². The molecule has 3 rings (SSSR count). The van der Waals surface area contributed by atoms with Crippen LogP contribution in [0.2, 0.25) is 0 Å². The summed E-state index contributed by atoms with van der Waals surface area (Å²) in [4.78, 5) is 18.1. The van der Waals surface area contributed by atoms with Crippen molar-refractivity contribution in [2.45, 2.75) is 63.1 Å². The van der Waals surface area contributed by atoms with Crippen LogP contribution in [0.5, 0.6) is 0 Å². The summed E-state index contributed by atoms with van der Waals surface area (Å²) in [6, 6.07) is -0.318. The van der Waals surface area contributed by atoms with Gasteiger partial charge < -0.3 is 15.0 Å². The van der Waals surface area contributed by atoms with E-state index in [-0.39, 0.29) is 18.1 Å². The molecule has 1 aliphatic heterocycles. The number of primary amides is 1. The molecule has 0 radical (unpaired) electrons. The maximum absolute atomic E-state index is 11.6. The summed E-state index contributed by atoms with van der Waals surface area (Å²) in [5.74, 6) is 1.44. The third kappa shape index (κ3) is 3.30. The van der Waals surface area contributed by atoms with E-state index in [1.807, 2.05) is 4.90 Å². The lowest BCUT2D eigenvalue weighted by Crippen LogP contribution is -2.40. The molecule has 122 valence electrons. The largest absolute Gasteiger partial charge is 0.380 e. The zero-order chi connectivity index (χ0) is 15.5. The molecule has 1 amide bonds. The highest BCUT2D eigenvalue weighted by Gasteiger charge is 2.36. The summed E-state index contributed by atoms with van der Waals surface area (Å²) in [6.45, 7) is 1.14. The Hall–Kier alpha value is -1.47. The van der Waals surface area contributed by atoms with Crippen molar-refractivity contribution in [3.8, 4) is 0 Å². The van der Waals surface area contributed by atoms with E-state index in [0.717, 1.165) is 18.7 Å². The number of aromatic nitrogens is 2. The number of methoxy groups -OCH3 is 1. The first-order valence-electron chi connectivity index (χ1n) is 8.06. The quantitative estimate of drug-likeness (QED) is 0.878. The lowest BCUT2D eigenvalue weighted by molar-refractivity contribution is -0.122. The molecule has 1 aliphatic carbocycles. The van der Waals surface area contributed by atoms with Gasteiger partial charge in [-0.3, -0.25) is 9.69 Å². The van der Waals surface area contributed by atoms with Gasteiger partial charge in [-0.15, -0.1) is 0 Å². The number of hydrogen-bond acceptors (Lipinski definition) is 6. The molecule has 1 aromatic heterocycles. The summed E-state index contributed by atoms with van der Waals surface area (Å²) in [6.07, 6.45) is 6.66. The number of nitrogens with zero attached hydrogens (tertiary/aromatic N) is 3. The molecule has 1 saturated carbocycles. The van der Waals surface area contributed by atoms with Crippen LogP contribution in [0, 0.1) is 0 Å². The number of nitrogens with two attached hydrogens (primary N) is 1. The minimum absolute atomic E-state index is 0.0298. The molecule has 0 aromatic carbocycles. The fourth-order valence-corrected chi connectivity index (χ4v) is 3.53. The third-order valence-electron chi connectivity index (χ3n) is 4.81. The van der Waals surface area contributed by atoms with Gasteiger partial charge >= 0.3 is 0 Å². The molecule has 0 spiro atoms. The van der Waals surface area contributed by atoms with Gasteiger partial charge in [0.05, 0.1) is 18.7 Å². The van der Waals surface area contributed by atoms with Crippen LogP contribution >= 0.6 is 0 Å². The Morgan fingerprint density at radius 3 is 2.86 bits per heavy atom. The van der Waals surface area contributed by atoms with Gasteiger partial charge in [0.15, 0.2) is 5.82 Å². The second-order valence-corrected chi connectivity index (χ2v) is 6.32. The molecule has 2 aliphatic rings. The number of rotatable bonds is 5. The van der Waals surface area contributed by atoms with Crippen LogP contribution in [0.4, 0.5) is 0 Å². The van der Waals surface area contributed by atoms with Crippen LogP contribution in [-0.2, 0) is 16.1 Å². The third-order valence-corrected chi connectivity index (χ3v) is 4.81. The Labute approximate surface area is 130 Å². The fraction of sp³-hybridized carbons (Fsp3) is 0.800. The molecule has 7 nitrogen and oxygen atoms in total. The normalized spacial score (nSPS) is 27.3. The highest BCUT2D eigenvalue weighted by Crippen LogP contribution is 2.31. The van der Waals surface area contributed by atoms with E-state index in [2.05, 4.69) is 10.1 Å². The molecular formula is C15H24N4O3. The van der Waals surface area contributed by atoms with E-state index in [1.54, 1.807) is 7.11 Å². The van der Waals surface area contributed by atoms with E-state index >= 15 is 0 Å². The Morgan fingerprint density at radius 1 is 1.41 bits per heavy atom. The van der Waals surface area contributed by atoms with Crippen molar-refractivity contribution in [1.29, 1.82) is 0 Å². The zero-order valence-electron chi connectivity index (χ0n) is 13.0. The lowest BCUT2D eigenvalue weighted by atomic mass is 9.89. The summed E-state index contributed by atoms with van der Waals surface area (Å²) < 4.78 is 10.8. The standard InChI is InChI=1S/C15H24N4O3/c1-21-11-7-12(14(16)20)19(8-11)9-13-17-15(22-18-13)10-5-3-2-4-6-10/h10-12H,2-9H2,1H3,(H2,16,20)/t11-,12-/m0/s1. The fourth-order valence-electron chi connectivity index (χ4n) is 3.53. The summed E-state index contributed by atoms with van der Waals surface area (Å²) in [5.41, 5.74) is 5.48. The maximum Gasteiger partial charge on any atom is 0.234 e. The molecule has 1 saturated heterocycles. The van der Waals surface area contributed by atoms with Crippen molar-refractivity contribution >= 4 is 5.91 Å². The Kier molecular flexibility index (Phi) is 4.73. The van der Waals surface area contributed by atoms with Crippen LogP contribution in [0.3, 0.4) is 0 Å². The van der Waals surface area contributed by atoms with Gasteiger partial charge in [0.1, 0.15) is 0 Å². The highest BCUT2D eigenvalue weighted by molar-refractivity contribution is 5.80. The average molecular weight is 308 g/mol. The van der Waals surface area contributed by atoms with E-state index in [4.69, 9.17) is 15.0 Å². The molecule has 0 unspecified atom stereocenters. The second kappa shape index (κ2) is 6.75. The van der Waals surface area contributed by atoms with Gasteiger partial charge in [-0.25, -0.2) is 0 Å². The van der Waals surface area contributed by atoms with E-state index in [1.165, 1.54) is 19.3 Å². The van der Waals surface area contributed by atoms with Crippen LogP contribution in [-0.4, -0.2) is 46.7 Å². The van der Waals surface area contributed by atoms with E-state index in [9.17, 15) is 4.79 Å². The monoisotopic (exact) mass is 308 g/mol. The predicted octanol–water partition coefficient (Wildman–Crippen LogP) is 1.19. The van der Waals surface area contributed by atoms with Crippen molar-refractivity contribution in [2.75, 3.05) is 13.7 Å². The van der Waals surface area contributed by atoms with Crippen molar-refractivity contribution in [2.24, 2.45) is 5.73 Å². The topological polar surface area (TPSA) is 94.5 Å².